The third kappa shape index (κ3) is 5.46. The normalized spacial score (nSPS) is 18.7. The first-order valence-corrected chi connectivity index (χ1v) is 10.2. The third-order valence-electron chi connectivity index (χ3n) is 5.18. The largest absolute Gasteiger partial charge is 0.380 e. The first-order chi connectivity index (χ1) is 13.4. The van der Waals surface area contributed by atoms with Crippen molar-refractivity contribution in [3.63, 3.8) is 0 Å². The van der Waals surface area contributed by atoms with Crippen molar-refractivity contribution in [3.8, 4) is 0 Å². The predicted molar refractivity (Wildman–Crippen MR) is 107 cm³/mol. The molecule has 0 atom stereocenters. The smallest absolute Gasteiger partial charge is 0.327 e. The third-order valence-corrected chi connectivity index (χ3v) is 5.18. The Bertz CT molecular complexity index is 620. The summed E-state index contributed by atoms with van der Waals surface area (Å²) in [5.74, 6) is -0.367. The van der Waals surface area contributed by atoms with Gasteiger partial charge in [0.15, 0.2) is 0 Å². The lowest BCUT2D eigenvalue weighted by Gasteiger charge is -2.32. The number of carbonyl (C=O) groups excluding carboxylic acids is 4. The van der Waals surface area contributed by atoms with Crippen molar-refractivity contribution in [3.05, 3.63) is 0 Å². The average Bonchev–Trinajstić information content (AvgIpc) is 3.04. The number of nitrogens with zero attached hydrogens (tertiary/aromatic N) is 4. The van der Waals surface area contributed by atoms with Crippen LogP contribution in [0.5, 0.6) is 0 Å². The molecule has 0 radical (unpaired) electrons. The van der Waals surface area contributed by atoms with Gasteiger partial charge in [0.05, 0.1) is 13.2 Å². The number of likely N-dealkylation sites (N-methyl/N-ethyl adjacent to an activating group) is 2. The second kappa shape index (κ2) is 8.69. The van der Waals surface area contributed by atoms with Crippen LogP contribution in [0.3, 0.4) is 0 Å². The van der Waals surface area contributed by atoms with Gasteiger partial charge in [-0.15, -0.1) is 0 Å². The second-order valence-corrected chi connectivity index (χ2v) is 9.37. The van der Waals surface area contributed by atoms with Crippen LogP contribution in [0, 0.1) is 10.8 Å². The molecule has 0 N–H and O–H groups in total. The Balaban J connectivity index is 1.86. The van der Waals surface area contributed by atoms with Gasteiger partial charge in [0.2, 0.25) is 11.8 Å². The Hall–Kier alpha value is -2.16. The summed E-state index contributed by atoms with van der Waals surface area (Å²) in [5.41, 5.74) is -0.826. The molecule has 9 nitrogen and oxygen atoms in total. The molecule has 0 unspecified atom stereocenters. The van der Waals surface area contributed by atoms with E-state index in [1.807, 2.05) is 41.5 Å². The van der Waals surface area contributed by atoms with E-state index >= 15 is 0 Å². The number of carbonyl (C=O) groups is 4. The van der Waals surface area contributed by atoms with Crippen LogP contribution in [-0.2, 0) is 14.3 Å². The molecule has 9 heteroatoms. The number of hydrogen-bond donors (Lipinski definition) is 0. The summed E-state index contributed by atoms with van der Waals surface area (Å²) >= 11 is 0. The Kier molecular flexibility index (Phi) is 6.93. The maximum Gasteiger partial charge on any atom is 0.327 e. The van der Waals surface area contributed by atoms with Crippen LogP contribution in [0.4, 0.5) is 9.59 Å². The van der Waals surface area contributed by atoms with Crippen molar-refractivity contribution in [2.75, 3.05) is 52.5 Å². The summed E-state index contributed by atoms with van der Waals surface area (Å²) in [6.45, 7) is 14.0. The van der Waals surface area contributed by atoms with Gasteiger partial charge in [-0.1, -0.05) is 27.7 Å². The van der Waals surface area contributed by atoms with Crippen molar-refractivity contribution in [1.29, 1.82) is 0 Å². The average molecular weight is 411 g/mol. The molecule has 2 rings (SSSR count). The fourth-order valence-electron chi connectivity index (χ4n) is 3.54. The van der Waals surface area contributed by atoms with Gasteiger partial charge in [-0.2, -0.15) is 0 Å². The van der Waals surface area contributed by atoms with E-state index in [4.69, 9.17) is 4.74 Å². The quantitative estimate of drug-likeness (QED) is 0.511. The van der Waals surface area contributed by atoms with E-state index in [0.29, 0.717) is 26.3 Å². The van der Waals surface area contributed by atoms with Gasteiger partial charge < -0.3 is 14.5 Å². The maximum absolute atomic E-state index is 12.3. The molecule has 2 saturated heterocycles. The van der Waals surface area contributed by atoms with Crippen molar-refractivity contribution in [2.24, 2.45) is 10.8 Å². The molecule has 2 fully saturated rings. The lowest BCUT2D eigenvalue weighted by molar-refractivity contribution is -0.126. The van der Waals surface area contributed by atoms with Crippen LogP contribution in [0.25, 0.3) is 0 Å². The minimum atomic E-state index is -0.413. The number of hydrogen-bond acceptors (Lipinski definition) is 5. The summed E-state index contributed by atoms with van der Waals surface area (Å²) in [4.78, 5) is 54.4. The van der Waals surface area contributed by atoms with E-state index in [1.54, 1.807) is 0 Å². The first kappa shape index (κ1) is 23.1. The van der Waals surface area contributed by atoms with Crippen LogP contribution >= 0.6 is 0 Å². The van der Waals surface area contributed by atoms with E-state index < -0.39 is 10.8 Å². The fraction of sp³-hybridized carbons (Fsp3) is 0.800. The summed E-state index contributed by atoms with van der Waals surface area (Å²) in [7, 11) is 0. The van der Waals surface area contributed by atoms with E-state index in [2.05, 4.69) is 0 Å². The van der Waals surface area contributed by atoms with Gasteiger partial charge in [-0.3, -0.25) is 19.4 Å². The molecule has 2 aliphatic rings. The number of amides is 6. The van der Waals surface area contributed by atoms with E-state index in [-0.39, 0.29) is 50.1 Å². The monoisotopic (exact) mass is 410 g/mol. The number of rotatable bonds is 10. The van der Waals surface area contributed by atoms with E-state index in [0.717, 1.165) is 0 Å². The zero-order valence-electron chi connectivity index (χ0n) is 18.5. The molecule has 0 saturated carbocycles. The van der Waals surface area contributed by atoms with Gasteiger partial charge in [-0.05, 0) is 13.8 Å². The molecule has 2 heterocycles. The Morgan fingerprint density at radius 2 is 1.07 bits per heavy atom. The molecule has 0 aromatic heterocycles. The summed E-state index contributed by atoms with van der Waals surface area (Å²) < 4.78 is 5.91. The van der Waals surface area contributed by atoms with Crippen molar-refractivity contribution in [1.82, 2.24) is 19.6 Å². The number of urea groups is 2. The SMILES string of the molecule is CCN1CC(=O)N(CC(C)(C)COCC(C)(C)CN2C(=O)CN(CC)C2=O)C1=O. The molecule has 6 amide bonds. The Morgan fingerprint density at radius 3 is 1.34 bits per heavy atom. The molecule has 164 valence electrons. The summed E-state index contributed by atoms with van der Waals surface area (Å²) in [6, 6.07) is -0.505. The van der Waals surface area contributed by atoms with Crippen LogP contribution < -0.4 is 0 Å². The number of imide groups is 2. The molecule has 2 aliphatic heterocycles. The van der Waals surface area contributed by atoms with E-state index in [1.165, 1.54) is 19.6 Å². The van der Waals surface area contributed by atoms with Crippen molar-refractivity contribution in [2.45, 2.75) is 41.5 Å². The van der Waals surface area contributed by atoms with Crippen molar-refractivity contribution < 1.29 is 23.9 Å². The zero-order valence-corrected chi connectivity index (χ0v) is 18.5. The highest BCUT2D eigenvalue weighted by Crippen LogP contribution is 2.25. The zero-order chi connectivity index (χ0) is 22.0. The summed E-state index contributed by atoms with van der Waals surface area (Å²) in [5, 5.41) is 0. The molecular formula is C20H34N4O5. The second-order valence-electron chi connectivity index (χ2n) is 9.37. The lowest BCUT2D eigenvalue weighted by atomic mass is 9.92. The molecular weight excluding hydrogens is 376 g/mol. The van der Waals surface area contributed by atoms with Gasteiger partial charge in [-0.25, -0.2) is 9.59 Å². The first-order valence-electron chi connectivity index (χ1n) is 10.2. The maximum atomic E-state index is 12.3. The van der Waals surface area contributed by atoms with Gasteiger partial charge in [0, 0.05) is 37.0 Å². The standard InChI is InChI=1S/C20H34N4O5/c1-7-21-9-15(25)23(17(21)27)11-19(3,4)13-29-14-20(5,6)12-24-16(26)10-22(8-2)18(24)28/h7-14H2,1-6H3. The van der Waals surface area contributed by atoms with Gasteiger partial charge >= 0.3 is 12.1 Å². The molecule has 0 aromatic carbocycles. The molecule has 0 aromatic rings. The fourth-order valence-corrected chi connectivity index (χ4v) is 3.54. The molecule has 0 spiro atoms. The Morgan fingerprint density at radius 1 is 0.724 bits per heavy atom. The topological polar surface area (TPSA) is 90.5 Å². The summed E-state index contributed by atoms with van der Waals surface area (Å²) in [6.07, 6.45) is 0. The highest BCUT2D eigenvalue weighted by Gasteiger charge is 2.40. The lowest BCUT2D eigenvalue weighted by Crippen LogP contribution is -2.43. The van der Waals surface area contributed by atoms with Gasteiger partial charge in [0.1, 0.15) is 13.1 Å². The highest BCUT2D eigenvalue weighted by atomic mass is 16.5. The van der Waals surface area contributed by atoms with Crippen molar-refractivity contribution >= 4 is 23.9 Å². The van der Waals surface area contributed by atoms with Crippen LogP contribution in [-0.4, -0.2) is 96.0 Å². The minimum Gasteiger partial charge on any atom is -0.380 e. The molecule has 0 aliphatic carbocycles. The van der Waals surface area contributed by atoms with Crippen LogP contribution in [0.1, 0.15) is 41.5 Å². The van der Waals surface area contributed by atoms with E-state index in [9.17, 15) is 19.2 Å². The minimum absolute atomic E-state index is 0.131. The van der Waals surface area contributed by atoms with Gasteiger partial charge in [0.25, 0.3) is 0 Å². The van der Waals surface area contributed by atoms with Crippen LogP contribution in [0.2, 0.25) is 0 Å². The van der Waals surface area contributed by atoms with Crippen LogP contribution in [0.15, 0.2) is 0 Å². The number of ether oxygens (including phenoxy) is 1. The molecule has 0 bridgehead atoms. The highest BCUT2D eigenvalue weighted by molar-refractivity contribution is 6.02. The Labute approximate surface area is 172 Å². The molecule has 29 heavy (non-hydrogen) atoms. The predicted octanol–water partition coefficient (Wildman–Crippen LogP) is 1.62.